The smallest absolute Gasteiger partial charge is 0.220 e. The highest BCUT2D eigenvalue weighted by Crippen LogP contribution is 2.31. The lowest BCUT2D eigenvalue weighted by atomic mass is 9.79. The highest BCUT2D eigenvalue weighted by Gasteiger charge is 2.35. The average Bonchev–Trinajstić information content (AvgIpc) is 2.77. The summed E-state index contributed by atoms with van der Waals surface area (Å²) in [6.07, 6.45) is 8.47. The number of amides is 1. The van der Waals surface area contributed by atoms with Crippen molar-refractivity contribution < 1.29 is 4.79 Å². The van der Waals surface area contributed by atoms with Crippen LogP contribution in [0.1, 0.15) is 36.8 Å². The Morgan fingerprint density at radius 2 is 2.00 bits per heavy atom. The van der Waals surface area contributed by atoms with Crippen molar-refractivity contribution in [2.45, 2.75) is 44.7 Å². The van der Waals surface area contributed by atoms with Gasteiger partial charge in [0.15, 0.2) is 0 Å². The summed E-state index contributed by atoms with van der Waals surface area (Å²) in [6.45, 7) is 5.22. The fourth-order valence-corrected chi connectivity index (χ4v) is 5.04. The molecule has 2 aliphatic rings. The van der Waals surface area contributed by atoms with Crippen LogP contribution in [0.15, 0.2) is 54.9 Å². The van der Waals surface area contributed by atoms with E-state index < -0.39 is 0 Å². The molecule has 0 saturated carbocycles. The maximum absolute atomic E-state index is 12.2. The molecule has 0 spiro atoms. The third kappa shape index (κ3) is 6.13. The average molecular weight is 407 g/mol. The van der Waals surface area contributed by atoms with Gasteiger partial charge in [-0.25, -0.2) is 0 Å². The van der Waals surface area contributed by atoms with E-state index in [1.807, 2.05) is 18.3 Å². The number of nitrogens with zero attached hydrogens (tertiary/aromatic N) is 2. The van der Waals surface area contributed by atoms with E-state index >= 15 is 0 Å². The van der Waals surface area contributed by atoms with Crippen LogP contribution in [-0.4, -0.2) is 48.0 Å². The minimum atomic E-state index is 0.168. The summed E-state index contributed by atoms with van der Waals surface area (Å²) >= 11 is 0. The lowest BCUT2D eigenvalue weighted by molar-refractivity contribution is -0.121. The molecule has 1 aromatic heterocycles. The first-order chi connectivity index (χ1) is 14.8. The van der Waals surface area contributed by atoms with E-state index in [0.29, 0.717) is 24.9 Å². The molecule has 5 nitrogen and oxygen atoms in total. The molecule has 0 aliphatic carbocycles. The number of benzene rings is 1. The summed E-state index contributed by atoms with van der Waals surface area (Å²) in [5, 5.41) is 6.83. The Morgan fingerprint density at radius 1 is 1.13 bits per heavy atom. The number of pyridine rings is 1. The molecule has 1 amide bonds. The van der Waals surface area contributed by atoms with Gasteiger partial charge in [0.1, 0.15) is 0 Å². The molecule has 2 unspecified atom stereocenters. The van der Waals surface area contributed by atoms with Gasteiger partial charge in [-0.1, -0.05) is 36.4 Å². The Morgan fingerprint density at radius 3 is 2.83 bits per heavy atom. The molecular weight excluding hydrogens is 372 g/mol. The highest BCUT2D eigenvalue weighted by molar-refractivity contribution is 5.75. The first-order valence-corrected chi connectivity index (χ1v) is 11.4. The summed E-state index contributed by atoms with van der Waals surface area (Å²) in [7, 11) is 0. The number of rotatable bonds is 9. The van der Waals surface area contributed by atoms with Gasteiger partial charge in [-0.05, 0) is 61.3 Å². The number of likely N-dealkylation sites (tertiary alicyclic amines) is 1. The van der Waals surface area contributed by atoms with Gasteiger partial charge in [0.25, 0.3) is 0 Å². The fraction of sp³-hybridized carbons (Fsp3) is 0.520. The van der Waals surface area contributed by atoms with Gasteiger partial charge in [-0.3, -0.25) is 14.7 Å². The molecule has 2 aliphatic heterocycles. The van der Waals surface area contributed by atoms with E-state index in [4.69, 9.17) is 0 Å². The largest absolute Gasteiger partial charge is 0.356 e. The molecule has 2 fully saturated rings. The van der Waals surface area contributed by atoms with Crippen molar-refractivity contribution >= 4 is 5.91 Å². The molecule has 2 N–H and O–H groups in total. The van der Waals surface area contributed by atoms with Crippen molar-refractivity contribution in [3.63, 3.8) is 0 Å². The zero-order valence-electron chi connectivity index (χ0n) is 17.8. The van der Waals surface area contributed by atoms with Crippen molar-refractivity contribution in [1.29, 1.82) is 0 Å². The number of fused-ring (bicyclic) bond motifs is 2. The standard InChI is InChI=1S/C25H34N4O/c30-25(27-13-11-20-8-5-12-26-15-20)10-4-9-24-23-14-22(16-28-24)18-29(19-23)17-21-6-2-1-3-7-21/h1-3,5-8,12,15,22-24,28H,4,9-11,13-14,16-19H2,(H,27,30)/t22?,23?,24-/m1/s1. The first-order valence-electron chi connectivity index (χ1n) is 11.4. The number of piperidine rings is 2. The van der Waals surface area contributed by atoms with Crippen LogP contribution in [-0.2, 0) is 17.8 Å². The summed E-state index contributed by atoms with van der Waals surface area (Å²) in [5.41, 5.74) is 2.57. The number of hydrogen-bond acceptors (Lipinski definition) is 4. The van der Waals surface area contributed by atoms with E-state index in [-0.39, 0.29) is 5.91 Å². The van der Waals surface area contributed by atoms with E-state index in [2.05, 4.69) is 50.8 Å². The Hall–Kier alpha value is -2.24. The number of carbonyl (C=O) groups excluding carboxylic acids is 1. The topological polar surface area (TPSA) is 57.3 Å². The SMILES string of the molecule is O=C(CCC[C@H]1NCC2CC1CN(Cc1ccccc1)C2)NCCc1cccnc1. The molecule has 160 valence electrons. The molecule has 30 heavy (non-hydrogen) atoms. The monoisotopic (exact) mass is 406 g/mol. The van der Waals surface area contributed by atoms with E-state index in [0.717, 1.165) is 43.8 Å². The van der Waals surface area contributed by atoms with Crippen LogP contribution in [0.3, 0.4) is 0 Å². The zero-order valence-corrected chi connectivity index (χ0v) is 17.8. The number of aromatic nitrogens is 1. The van der Waals surface area contributed by atoms with Gasteiger partial charge in [0.05, 0.1) is 0 Å². The second-order valence-electron chi connectivity index (χ2n) is 8.91. The molecular formula is C25H34N4O. The summed E-state index contributed by atoms with van der Waals surface area (Å²) in [4.78, 5) is 18.9. The predicted molar refractivity (Wildman–Crippen MR) is 120 cm³/mol. The molecule has 2 bridgehead atoms. The van der Waals surface area contributed by atoms with Crippen LogP contribution in [0.5, 0.6) is 0 Å². The third-order valence-electron chi connectivity index (χ3n) is 6.51. The van der Waals surface area contributed by atoms with Gasteiger partial charge in [0.2, 0.25) is 5.91 Å². The maximum Gasteiger partial charge on any atom is 0.220 e. The Kier molecular flexibility index (Phi) is 7.49. The summed E-state index contributed by atoms with van der Waals surface area (Å²) in [5.74, 6) is 1.64. The van der Waals surface area contributed by atoms with Crippen LogP contribution >= 0.6 is 0 Å². The van der Waals surface area contributed by atoms with E-state index in [1.54, 1.807) is 6.20 Å². The normalized spacial score (nSPS) is 23.8. The quantitative estimate of drug-likeness (QED) is 0.672. The molecule has 5 heteroatoms. The molecule has 3 atom stereocenters. The van der Waals surface area contributed by atoms with Crippen molar-refractivity contribution in [3.8, 4) is 0 Å². The van der Waals surface area contributed by atoms with Gasteiger partial charge >= 0.3 is 0 Å². The van der Waals surface area contributed by atoms with Crippen molar-refractivity contribution in [1.82, 2.24) is 20.5 Å². The fourth-order valence-electron chi connectivity index (χ4n) is 5.04. The van der Waals surface area contributed by atoms with Crippen LogP contribution in [0.4, 0.5) is 0 Å². The summed E-state index contributed by atoms with van der Waals surface area (Å²) in [6, 6.07) is 15.3. The predicted octanol–water partition coefficient (Wildman–Crippen LogP) is 3.02. The number of carbonyl (C=O) groups is 1. The minimum Gasteiger partial charge on any atom is -0.356 e. The van der Waals surface area contributed by atoms with E-state index in [1.165, 1.54) is 25.1 Å². The Labute approximate surface area is 180 Å². The van der Waals surface area contributed by atoms with Gasteiger partial charge in [-0.15, -0.1) is 0 Å². The lowest BCUT2D eigenvalue weighted by Crippen LogP contribution is -2.55. The lowest BCUT2D eigenvalue weighted by Gasteiger charge is -2.46. The molecule has 0 radical (unpaired) electrons. The van der Waals surface area contributed by atoms with Gasteiger partial charge in [0, 0.05) is 51.0 Å². The van der Waals surface area contributed by atoms with Crippen molar-refractivity contribution in [3.05, 3.63) is 66.0 Å². The van der Waals surface area contributed by atoms with Crippen LogP contribution in [0, 0.1) is 11.8 Å². The highest BCUT2D eigenvalue weighted by atomic mass is 16.1. The van der Waals surface area contributed by atoms with Gasteiger partial charge < -0.3 is 10.6 Å². The number of nitrogens with one attached hydrogen (secondary N) is 2. The summed E-state index contributed by atoms with van der Waals surface area (Å²) < 4.78 is 0. The number of hydrogen-bond donors (Lipinski definition) is 2. The van der Waals surface area contributed by atoms with Crippen LogP contribution < -0.4 is 10.6 Å². The van der Waals surface area contributed by atoms with Crippen molar-refractivity contribution in [2.75, 3.05) is 26.2 Å². The Bertz CT molecular complexity index is 782. The van der Waals surface area contributed by atoms with E-state index in [9.17, 15) is 4.79 Å². The molecule has 3 heterocycles. The van der Waals surface area contributed by atoms with Gasteiger partial charge in [-0.2, -0.15) is 0 Å². The van der Waals surface area contributed by atoms with Crippen molar-refractivity contribution in [2.24, 2.45) is 11.8 Å². The third-order valence-corrected chi connectivity index (χ3v) is 6.51. The first kappa shape index (κ1) is 21.0. The maximum atomic E-state index is 12.2. The molecule has 2 saturated heterocycles. The second-order valence-corrected chi connectivity index (χ2v) is 8.91. The molecule has 2 aromatic rings. The second kappa shape index (κ2) is 10.7. The minimum absolute atomic E-state index is 0.168. The zero-order chi connectivity index (χ0) is 20.6. The Balaban J connectivity index is 1.16. The molecule has 4 rings (SSSR count). The van der Waals surface area contributed by atoms with Crippen LogP contribution in [0.2, 0.25) is 0 Å². The van der Waals surface area contributed by atoms with Crippen LogP contribution in [0.25, 0.3) is 0 Å². The molecule has 1 aromatic carbocycles.